The van der Waals surface area contributed by atoms with E-state index in [0.717, 1.165) is 15.6 Å². The number of hydrogen-bond acceptors (Lipinski definition) is 1. The van der Waals surface area contributed by atoms with Gasteiger partial charge < -0.3 is 5.73 Å². The maximum atomic E-state index is 6.20. The summed E-state index contributed by atoms with van der Waals surface area (Å²) in [6.07, 6.45) is 0. The Kier molecular flexibility index (Phi) is 3.64. The average Bonchev–Trinajstić information content (AvgIpc) is 2.32. The topological polar surface area (TPSA) is 26.0 Å². The molecule has 0 saturated carbocycles. The monoisotopic (exact) mass is 295 g/mol. The Bertz CT molecular complexity index is 485. The van der Waals surface area contributed by atoms with E-state index < -0.39 is 0 Å². The van der Waals surface area contributed by atoms with Crippen molar-refractivity contribution in [2.75, 3.05) is 0 Å². The van der Waals surface area contributed by atoms with Gasteiger partial charge in [-0.2, -0.15) is 0 Å². The number of nitrogens with two attached hydrogens (primary N) is 1. The highest BCUT2D eigenvalue weighted by Crippen LogP contribution is 2.29. The molecule has 0 amide bonds. The molecule has 16 heavy (non-hydrogen) atoms. The number of halogens is 2. The third-order valence-corrected chi connectivity index (χ3v) is 3.41. The van der Waals surface area contributed by atoms with Gasteiger partial charge in [-0.15, -0.1) is 0 Å². The van der Waals surface area contributed by atoms with E-state index in [0.29, 0.717) is 5.02 Å². The Balaban J connectivity index is 2.41. The molecule has 1 nitrogen and oxygen atoms in total. The van der Waals surface area contributed by atoms with E-state index in [1.54, 1.807) is 0 Å². The van der Waals surface area contributed by atoms with Crippen molar-refractivity contribution in [3.63, 3.8) is 0 Å². The number of benzene rings is 2. The van der Waals surface area contributed by atoms with Crippen molar-refractivity contribution in [1.82, 2.24) is 0 Å². The minimum absolute atomic E-state index is 0.158. The molecule has 0 aromatic heterocycles. The minimum atomic E-state index is -0.158. The van der Waals surface area contributed by atoms with Gasteiger partial charge in [0.05, 0.1) is 6.04 Å². The van der Waals surface area contributed by atoms with Crippen LogP contribution in [-0.4, -0.2) is 0 Å². The fraction of sp³-hybridized carbons (Fsp3) is 0.0769. The van der Waals surface area contributed by atoms with Crippen LogP contribution in [-0.2, 0) is 0 Å². The van der Waals surface area contributed by atoms with E-state index in [1.165, 1.54) is 0 Å². The van der Waals surface area contributed by atoms with Crippen LogP contribution >= 0.6 is 27.5 Å². The maximum Gasteiger partial charge on any atom is 0.0563 e. The predicted octanol–water partition coefficient (Wildman–Crippen LogP) is 4.15. The van der Waals surface area contributed by atoms with E-state index in [2.05, 4.69) is 15.9 Å². The van der Waals surface area contributed by atoms with Crippen molar-refractivity contribution in [2.45, 2.75) is 6.04 Å². The van der Waals surface area contributed by atoms with Crippen LogP contribution in [0.25, 0.3) is 0 Å². The second-order valence-corrected chi connectivity index (χ2v) is 4.84. The molecule has 0 aliphatic heterocycles. The Labute approximate surface area is 108 Å². The second kappa shape index (κ2) is 5.00. The fourth-order valence-corrected chi connectivity index (χ4v) is 2.27. The molecule has 0 heterocycles. The lowest BCUT2D eigenvalue weighted by Crippen LogP contribution is -2.12. The molecule has 1 unspecified atom stereocenters. The van der Waals surface area contributed by atoms with Gasteiger partial charge in [0.25, 0.3) is 0 Å². The van der Waals surface area contributed by atoms with Crippen molar-refractivity contribution in [1.29, 1.82) is 0 Å². The van der Waals surface area contributed by atoms with Gasteiger partial charge in [-0.3, -0.25) is 0 Å². The molecule has 82 valence electrons. The smallest absolute Gasteiger partial charge is 0.0563 e. The first kappa shape index (κ1) is 11.6. The first-order chi connectivity index (χ1) is 7.68. The van der Waals surface area contributed by atoms with Crippen LogP contribution < -0.4 is 5.73 Å². The molecule has 0 radical (unpaired) electrons. The molecular formula is C13H11BrClN. The van der Waals surface area contributed by atoms with Crippen LogP contribution in [0.4, 0.5) is 0 Å². The van der Waals surface area contributed by atoms with Gasteiger partial charge in [-0.25, -0.2) is 0 Å². The van der Waals surface area contributed by atoms with Gasteiger partial charge in [0.2, 0.25) is 0 Å². The molecule has 2 N–H and O–H groups in total. The van der Waals surface area contributed by atoms with Gasteiger partial charge in [0, 0.05) is 9.50 Å². The van der Waals surface area contributed by atoms with E-state index in [4.69, 9.17) is 17.3 Å². The molecule has 1 atom stereocenters. The quantitative estimate of drug-likeness (QED) is 0.885. The number of rotatable bonds is 2. The highest BCUT2D eigenvalue weighted by Gasteiger charge is 2.12. The second-order valence-electron chi connectivity index (χ2n) is 3.55. The standard InChI is InChI=1S/C13H11BrClN/c14-12-7-6-10(15)8-11(12)13(16)9-4-2-1-3-5-9/h1-8,13H,16H2. The average molecular weight is 297 g/mol. The van der Waals surface area contributed by atoms with Crippen molar-refractivity contribution >= 4 is 27.5 Å². The molecule has 0 aliphatic rings. The molecule has 0 fully saturated rings. The number of hydrogen-bond donors (Lipinski definition) is 1. The molecule has 0 aliphatic carbocycles. The van der Waals surface area contributed by atoms with Crippen LogP contribution in [0, 0.1) is 0 Å². The Hall–Kier alpha value is -0.830. The molecule has 0 spiro atoms. The summed E-state index contributed by atoms with van der Waals surface area (Å²) < 4.78 is 0.980. The highest BCUT2D eigenvalue weighted by atomic mass is 79.9. The van der Waals surface area contributed by atoms with E-state index in [9.17, 15) is 0 Å². The van der Waals surface area contributed by atoms with Gasteiger partial charge >= 0.3 is 0 Å². The highest BCUT2D eigenvalue weighted by molar-refractivity contribution is 9.10. The lowest BCUT2D eigenvalue weighted by molar-refractivity contribution is 0.866. The zero-order valence-electron chi connectivity index (χ0n) is 8.53. The molecule has 2 aromatic carbocycles. The van der Waals surface area contributed by atoms with E-state index in [-0.39, 0.29) is 6.04 Å². The Morgan fingerprint density at radius 3 is 2.44 bits per heavy atom. The van der Waals surface area contributed by atoms with E-state index >= 15 is 0 Å². The Morgan fingerprint density at radius 1 is 1.06 bits per heavy atom. The predicted molar refractivity (Wildman–Crippen MR) is 71.6 cm³/mol. The van der Waals surface area contributed by atoms with Crippen molar-refractivity contribution < 1.29 is 0 Å². The molecule has 0 saturated heterocycles. The largest absolute Gasteiger partial charge is 0.320 e. The fourth-order valence-electron chi connectivity index (χ4n) is 1.59. The molecule has 0 bridgehead atoms. The molecular weight excluding hydrogens is 286 g/mol. The van der Waals surface area contributed by atoms with E-state index in [1.807, 2.05) is 48.5 Å². The van der Waals surface area contributed by atoms with Gasteiger partial charge in [0.15, 0.2) is 0 Å². The van der Waals surface area contributed by atoms with Gasteiger partial charge in [-0.1, -0.05) is 57.9 Å². The minimum Gasteiger partial charge on any atom is -0.320 e. The van der Waals surface area contributed by atoms with Crippen molar-refractivity contribution in [2.24, 2.45) is 5.73 Å². The van der Waals surface area contributed by atoms with Gasteiger partial charge in [-0.05, 0) is 29.3 Å². The summed E-state index contributed by atoms with van der Waals surface area (Å²) in [7, 11) is 0. The SMILES string of the molecule is NC(c1ccccc1)c1cc(Cl)ccc1Br. The third kappa shape index (κ3) is 2.46. The van der Waals surface area contributed by atoms with Crippen LogP contribution in [0.2, 0.25) is 5.02 Å². The first-order valence-electron chi connectivity index (χ1n) is 4.94. The van der Waals surface area contributed by atoms with Gasteiger partial charge in [0.1, 0.15) is 0 Å². The normalized spacial score (nSPS) is 12.4. The summed E-state index contributed by atoms with van der Waals surface area (Å²) in [6, 6.07) is 15.5. The summed E-state index contributed by atoms with van der Waals surface area (Å²) in [6.45, 7) is 0. The lowest BCUT2D eigenvalue weighted by atomic mass is 10.00. The lowest BCUT2D eigenvalue weighted by Gasteiger charge is -2.14. The summed E-state index contributed by atoms with van der Waals surface area (Å²) in [5.74, 6) is 0. The zero-order chi connectivity index (χ0) is 11.5. The van der Waals surface area contributed by atoms with Crippen LogP contribution in [0.1, 0.15) is 17.2 Å². The summed E-state index contributed by atoms with van der Waals surface area (Å²) in [5.41, 5.74) is 8.27. The van der Waals surface area contributed by atoms with Crippen LogP contribution in [0.3, 0.4) is 0 Å². The summed E-state index contributed by atoms with van der Waals surface area (Å²) in [4.78, 5) is 0. The van der Waals surface area contributed by atoms with Crippen LogP contribution in [0.15, 0.2) is 53.0 Å². The zero-order valence-corrected chi connectivity index (χ0v) is 10.9. The first-order valence-corrected chi connectivity index (χ1v) is 6.11. The maximum absolute atomic E-state index is 6.20. The van der Waals surface area contributed by atoms with Crippen molar-refractivity contribution in [3.8, 4) is 0 Å². The van der Waals surface area contributed by atoms with Crippen LogP contribution in [0.5, 0.6) is 0 Å². The summed E-state index contributed by atoms with van der Waals surface area (Å²) >= 11 is 9.46. The Morgan fingerprint density at radius 2 is 1.75 bits per heavy atom. The molecule has 3 heteroatoms. The molecule has 2 aromatic rings. The molecule has 2 rings (SSSR count). The third-order valence-electron chi connectivity index (χ3n) is 2.45. The summed E-state index contributed by atoms with van der Waals surface area (Å²) in [5, 5.41) is 0.699. The van der Waals surface area contributed by atoms with Crippen molar-refractivity contribution in [3.05, 3.63) is 69.2 Å².